The standard InChI is InChI=1S/C36H41N3O5S/c1-35(2,3)33(28-16-11-17-29(22-28)38-45(42,43)31-24-39(4)25-37-31)32-30(40)23-36(44-34(32)41,20-18-26-12-7-5-8-13-26)21-19-27-14-9-6-10-15-27/h5-17,22,24-25,33,38,40H,18-21,23H2,1-4H3. The molecular weight excluding hydrogens is 586 g/mol. The van der Waals surface area contributed by atoms with Gasteiger partial charge in [-0.25, -0.2) is 9.78 Å². The Kier molecular flexibility index (Phi) is 9.20. The van der Waals surface area contributed by atoms with Gasteiger partial charge in [-0.05, 0) is 59.9 Å². The molecule has 0 radical (unpaired) electrons. The molecule has 8 nitrogen and oxygen atoms in total. The van der Waals surface area contributed by atoms with E-state index >= 15 is 0 Å². The number of nitrogens with zero attached hydrogens (tertiary/aromatic N) is 2. The van der Waals surface area contributed by atoms with E-state index in [9.17, 15) is 18.3 Å². The number of rotatable bonds is 11. The number of nitrogens with one attached hydrogen (secondary N) is 1. The Morgan fingerprint density at radius 3 is 2.07 bits per heavy atom. The molecule has 9 heteroatoms. The van der Waals surface area contributed by atoms with Crippen molar-refractivity contribution < 1.29 is 23.1 Å². The maximum absolute atomic E-state index is 14.0. The second-order valence-corrected chi connectivity index (χ2v) is 14.6. The quantitative estimate of drug-likeness (QED) is 0.172. The van der Waals surface area contributed by atoms with Crippen molar-refractivity contribution in [2.75, 3.05) is 4.72 Å². The number of aliphatic hydroxyl groups excluding tert-OH is 1. The van der Waals surface area contributed by atoms with Gasteiger partial charge in [0.2, 0.25) is 0 Å². The molecule has 236 valence electrons. The number of aromatic nitrogens is 2. The van der Waals surface area contributed by atoms with Crippen molar-refractivity contribution in [3.8, 4) is 0 Å². The molecule has 2 heterocycles. The molecule has 1 aliphatic heterocycles. The van der Waals surface area contributed by atoms with Crippen molar-refractivity contribution in [1.29, 1.82) is 0 Å². The smallest absolute Gasteiger partial charge is 0.338 e. The molecule has 45 heavy (non-hydrogen) atoms. The number of sulfonamides is 1. The summed E-state index contributed by atoms with van der Waals surface area (Å²) in [6.07, 6.45) is 5.58. The molecule has 0 fully saturated rings. The summed E-state index contributed by atoms with van der Waals surface area (Å²) in [5.74, 6) is -1.09. The highest BCUT2D eigenvalue weighted by Gasteiger charge is 2.46. The van der Waals surface area contributed by atoms with Gasteiger partial charge < -0.3 is 14.4 Å². The van der Waals surface area contributed by atoms with Crippen LogP contribution in [0.1, 0.15) is 62.6 Å². The van der Waals surface area contributed by atoms with Gasteiger partial charge in [0.15, 0.2) is 5.03 Å². The van der Waals surface area contributed by atoms with Crippen LogP contribution in [0.4, 0.5) is 5.69 Å². The van der Waals surface area contributed by atoms with Crippen LogP contribution in [0.3, 0.4) is 0 Å². The molecule has 0 amide bonds. The van der Waals surface area contributed by atoms with Crippen LogP contribution in [0.2, 0.25) is 0 Å². The van der Waals surface area contributed by atoms with Gasteiger partial charge in [-0.2, -0.15) is 8.42 Å². The van der Waals surface area contributed by atoms with E-state index in [4.69, 9.17) is 4.74 Å². The maximum atomic E-state index is 14.0. The highest BCUT2D eigenvalue weighted by Crippen LogP contribution is 2.47. The molecule has 4 aromatic rings. The first kappa shape index (κ1) is 32.0. The second kappa shape index (κ2) is 12.9. The third kappa shape index (κ3) is 7.65. The lowest BCUT2D eigenvalue weighted by Gasteiger charge is -2.41. The Morgan fingerprint density at radius 2 is 1.56 bits per heavy atom. The van der Waals surface area contributed by atoms with E-state index in [1.807, 2.05) is 63.2 Å². The van der Waals surface area contributed by atoms with Crippen LogP contribution in [-0.4, -0.2) is 34.6 Å². The summed E-state index contributed by atoms with van der Waals surface area (Å²) in [5.41, 5.74) is 2.11. The van der Waals surface area contributed by atoms with Crippen molar-refractivity contribution in [3.05, 3.63) is 125 Å². The number of cyclic esters (lactones) is 1. The average molecular weight is 628 g/mol. The first-order valence-corrected chi connectivity index (χ1v) is 16.7. The minimum atomic E-state index is -3.93. The number of aryl methyl sites for hydroxylation is 3. The zero-order valence-electron chi connectivity index (χ0n) is 26.2. The van der Waals surface area contributed by atoms with E-state index in [2.05, 4.69) is 34.0 Å². The molecule has 5 rings (SSSR count). The lowest BCUT2D eigenvalue weighted by atomic mass is 9.70. The van der Waals surface area contributed by atoms with E-state index in [-0.39, 0.29) is 22.8 Å². The Hall–Kier alpha value is -4.37. The van der Waals surface area contributed by atoms with Crippen molar-refractivity contribution in [3.63, 3.8) is 0 Å². The zero-order valence-corrected chi connectivity index (χ0v) is 27.0. The fourth-order valence-electron chi connectivity index (χ4n) is 6.14. The molecule has 1 atom stereocenters. The number of aliphatic hydroxyl groups is 1. The van der Waals surface area contributed by atoms with E-state index in [1.165, 1.54) is 12.5 Å². The van der Waals surface area contributed by atoms with Gasteiger partial charge in [-0.1, -0.05) is 93.6 Å². The number of anilines is 1. The molecule has 0 spiro atoms. The van der Waals surface area contributed by atoms with E-state index in [1.54, 1.807) is 29.8 Å². The Balaban J connectivity index is 1.47. The van der Waals surface area contributed by atoms with Gasteiger partial charge >= 0.3 is 5.97 Å². The van der Waals surface area contributed by atoms with Gasteiger partial charge in [0.05, 0.1) is 11.9 Å². The second-order valence-electron chi connectivity index (χ2n) is 13.0. The Morgan fingerprint density at radius 1 is 0.956 bits per heavy atom. The number of hydrogen-bond acceptors (Lipinski definition) is 6. The van der Waals surface area contributed by atoms with Crippen molar-refractivity contribution in [2.45, 2.75) is 69.4 Å². The fourth-order valence-corrected chi connectivity index (χ4v) is 7.18. The monoisotopic (exact) mass is 627 g/mol. The summed E-state index contributed by atoms with van der Waals surface area (Å²) in [6, 6.07) is 27.1. The number of carbonyl (C=O) groups excluding carboxylic acids is 1. The van der Waals surface area contributed by atoms with Crippen LogP contribution < -0.4 is 4.72 Å². The molecule has 1 aliphatic rings. The SMILES string of the molecule is Cn1cnc(S(=O)(=O)Nc2cccc(C(C3=C(O)CC(CCc4ccccc4)(CCc4ccccc4)OC3=O)C(C)(C)C)c2)c1. The third-order valence-electron chi connectivity index (χ3n) is 8.34. The average Bonchev–Trinajstić information content (AvgIpc) is 3.45. The van der Waals surface area contributed by atoms with Gasteiger partial charge in [-0.15, -0.1) is 0 Å². The minimum absolute atomic E-state index is 0.0202. The van der Waals surface area contributed by atoms with E-state index < -0.39 is 32.9 Å². The van der Waals surface area contributed by atoms with Crippen molar-refractivity contribution in [1.82, 2.24) is 9.55 Å². The van der Waals surface area contributed by atoms with Crippen molar-refractivity contribution >= 4 is 21.7 Å². The number of ether oxygens (including phenoxy) is 1. The predicted molar refractivity (Wildman–Crippen MR) is 175 cm³/mol. The van der Waals surface area contributed by atoms with Gasteiger partial charge in [0, 0.05) is 31.3 Å². The largest absolute Gasteiger partial charge is 0.512 e. The van der Waals surface area contributed by atoms with E-state index in [0.717, 1.165) is 11.1 Å². The topological polar surface area (TPSA) is 111 Å². The number of hydrogen-bond donors (Lipinski definition) is 2. The molecule has 0 aliphatic carbocycles. The highest BCUT2D eigenvalue weighted by atomic mass is 32.2. The first-order chi connectivity index (χ1) is 21.4. The maximum Gasteiger partial charge on any atom is 0.338 e. The van der Waals surface area contributed by atoms with Crippen LogP contribution in [0.15, 0.2) is 114 Å². The molecule has 0 saturated carbocycles. The summed E-state index contributed by atoms with van der Waals surface area (Å²) in [5, 5.41) is 11.6. The van der Waals surface area contributed by atoms with Crippen LogP contribution in [-0.2, 0) is 39.4 Å². The number of esters is 1. The summed E-state index contributed by atoms with van der Waals surface area (Å²) >= 11 is 0. The van der Waals surface area contributed by atoms with Gasteiger partial charge in [-0.3, -0.25) is 4.72 Å². The fraction of sp³-hybridized carbons (Fsp3) is 0.333. The third-order valence-corrected chi connectivity index (χ3v) is 9.60. The first-order valence-electron chi connectivity index (χ1n) is 15.2. The lowest BCUT2D eigenvalue weighted by Crippen LogP contribution is -2.43. The highest BCUT2D eigenvalue weighted by molar-refractivity contribution is 7.92. The summed E-state index contributed by atoms with van der Waals surface area (Å²) < 4.78 is 36.5. The summed E-state index contributed by atoms with van der Waals surface area (Å²) in [4.78, 5) is 18.0. The number of carbonyl (C=O) groups is 1. The van der Waals surface area contributed by atoms with Crippen LogP contribution in [0.25, 0.3) is 0 Å². The molecule has 0 bridgehead atoms. The van der Waals surface area contributed by atoms with Gasteiger partial charge in [0.1, 0.15) is 11.4 Å². The van der Waals surface area contributed by atoms with E-state index in [0.29, 0.717) is 36.9 Å². The zero-order chi connectivity index (χ0) is 32.2. The molecule has 1 aromatic heterocycles. The van der Waals surface area contributed by atoms with Crippen LogP contribution in [0.5, 0.6) is 0 Å². The lowest BCUT2D eigenvalue weighted by molar-refractivity contribution is -0.161. The molecular formula is C36H41N3O5S. The summed E-state index contributed by atoms with van der Waals surface area (Å²) in [6.45, 7) is 5.97. The molecule has 0 saturated heterocycles. The molecule has 2 N–H and O–H groups in total. The minimum Gasteiger partial charge on any atom is -0.512 e. The molecule has 1 unspecified atom stereocenters. The molecule has 3 aromatic carbocycles. The normalized spacial score (nSPS) is 15.9. The van der Waals surface area contributed by atoms with Gasteiger partial charge in [0.25, 0.3) is 10.0 Å². The Bertz CT molecular complexity index is 1730. The van der Waals surface area contributed by atoms with Crippen LogP contribution in [0, 0.1) is 5.41 Å². The number of benzene rings is 3. The number of imidazole rings is 1. The summed E-state index contributed by atoms with van der Waals surface area (Å²) in [7, 11) is -2.23. The Labute approximate surface area is 265 Å². The van der Waals surface area contributed by atoms with Crippen LogP contribution >= 0.6 is 0 Å². The predicted octanol–water partition coefficient (Wildman–Crippen LogP) is 7.11. The van der Waals surface area contributed by atoms with Crippen molar-refractivity contribution in [2.24, 2.45) is 12.5 Å².